The van der Waals surface area contributed by atoms with Crippen molar-refractivity contribution < 1.29 is 18.3 Å². The SMILES string of the molecule is COCC(CCO)NS(=O)(=O)c1cccnc1Cl. The Morgan fingerprint density at radius 2 is 2.33 bits per heavy atom. The summed E-state index contributed by atoms with van der Waals surface area (Å²) >= 11 is 5.74. The van der Waals surface area contributed by atoms with Crippen LogP contribution in [0.25, 0.3) is 0 Å². The fourth-order valence-electron chi connectivity index (χ4n) is 1.39. The maximum absolute atomic E-state index is 12.0. The minimum absolute atomic E-state index is 0.0919. The quantitative estimate of drug-likeness (QED) is 0.711. The molecule has 0 saturated carbocycles. The van der Waals surface area contributed by atoms with Crippen LogP contribution in [-0.2, 0) is 14.8 Å². The van der Waals surface area contributed by atoms with E-state index in [0.717, 1.165) is 0 Å². The molecule has 18 heavy (non-hydrogen) atoms. The molecule has 0 fully saturated rings. The van der Waals surface area contributed by atoms with Crippen molar-refractivity contribution in [3.8, 4) is 0 Å². The molecule has 102 valence electrons. The van der Waals surface area contributed by atoms with Crippen molar-refractivity contribution in [3.63, 3.8) is 0 Å². The molecular weight excluding hydrogens is 280 g/mol. The van der Waals surface area contributed by atoms with Gasteiger partial charge < -0.3 is 9.84 Å². The highest BCUT2D eigenvalue weighted by Gasteiger charge is 2.22. The Hall–Kier alpha value is -0.730. The third-order valence-electron chi connectivity index (χ3n) is 2.18. The molecule has 2 N–H and O–H groups in total. The first kappa shape index (κ1) is 15.3. The summed E-state index contributed by atoms with van der Waals surface area (Å²) in [6.07, 6.45) is 1.66. The van der Waals surface area contributed by atoms with Crippen LogP contribution in [0.5, 0.6) is 0 Å². The minimum atomic E-state index is -3.77. The first-order valence-corrected chi connectivity index (χ1v) is 7.10. The summed E-state index contributed by atoms with van der Waals surface area (Å²) in [4.78, 5) is 3.62. The highest BCUT2D eigenvalue weighted by Crippen LogP contribution is 2.18. The summed E-state index contributed by atoms with van der Waals surface area (Å²) in [5, 5.41) is 8.76. The standard InChI is InChI=1S/C10H15ClN2O4S/c1-17-7-8(4-6-14)13-18(15,16)9-3-2-5-12-10(9)11/h2-3,5,8,13-14H,4,6-7H2,1H3. The number of halogens is 1. The number of hydrogen-bond acceptors (Lipinski definition) is 5. The van der Waals surface area contributed by atoms with E-state index in [2.05, 4.69) is 9.71 Å². The lowest BCUT2D eigenvalue weighted by Crippen LogP contribution is -2.38. The smallest absolute Gasteiger partial charge is 0.243 e. The number of methoxy groups -OCH3 is 1. The second kappa shape index (κ2) is 7.01. The highest BCUT2D eigenvalue weighted by molar-refractivity contribution is 7.89. The van der Waals surface area contributed by atoms with E-state index in [-0.39, 0.29) is 29.7 Å². The Balaban J connectivity index is 2.90. The zero-order valence-electron chi connectivity index (χ0n) is 9.84. The molecule has 0 bridgehead atoms. The zero-order chi connectivity index (χ0) is 13.6. The number of sulfonamides is 1. The molecule has 1 aromatic rings. The van der Waals surface area contributed by atoms with Crippen LogP contribution >= 0.6 is 11.6 Å². The van der Waals surface area contributed by atoms with E-state index in [9.17, 15) is 8.42 Å². The number of aromatic nitrogens is 1. The molecule has 1 aromatic heterocycles. The predicted octanol–water partition coefficient (Wildman–Crippen LogP) is 0.411. The Kier molecular flexibility index (Phi) is 5.97. The summed E-state index contributed by atoms with van der Waals surface area (Å²) in [7, 11) is -2.32. The molecule has 0 aromatic carbocycles. The second-order valence-electron chi connectivity index (χ2n) is 3.58. The molecule has 1 atom stereocenters. The van der Waals surface area contributed by atoms with E-state index >= 15 is 0 Å². The minimum Gasteiger partial charge on any atom is -0.396 e. The number of ether oxygens (including phenoxy) is 1. The number of aliphatic hydroxyl groups is 1. The Morgan fingerprint density at radius 3 is 2.89 bits per heavy atom. The van der Waals surface area contributed by atoms with Gasteiger partial charge in [-0.3, -0.25) is 0 Å². The highest BCUT2D eigenvalue weighted by atomic mass is 35.5. The predicted molar refractivity (Wildman–Crippen MR) is 66.9 cm³/mol. The van der Waals surface area contributed by atoms with Gasteiger partial charge in [0.15, 0.2) is 0 Å². The Morgan fingerprint density at radius 1 is 1.61 bits per heavy atom. The molecule has 0 saturated heterocycles. The third kappa shape index (κ3) is 4.18. The summed E-state index contributed by atoms with van der Waals surface area (Å²) in [6, 6.07) is 2.33. The Labute approximate surface area is 111 Å². The van der Waals surface area contributed by atoms with Crippen molar-refractivity contribution in [2.75, 3.05) is 20.3 Å². The van der Waals surface area contributed by atoms with Crippen molar-refractivity contribution in [1.29, 1.82) is 0 Å². The van der Waals surface area contributed by atoms with Crippen LogP contribution < -0.4 is 4.72 Å². The van der Waals surface area contributed by atoms with Crippen LogP contribution in [0.15, 0.2) is 23.2 Å². The van der Waals surface area contributed by atoms with E-state index in [4.69, 9.17) is 21.4 Å². The van der Waals surface area contributed by atoms with Crippen molar-refractivity contribution in [1.82, 2.24) is 9.71 Å². The number of pyridine rings is 1. The maximum Gasteiger partial charge on any atom is 0.243 e. The molecule has 0 radical (unpaired) electrons. The van der Waals surface area contributed by atoms with Crippen molar-refractivity contribution >= 4 is 21.6 Å². The third-order valence-corrected chi connectivity index (χ3v) is 4.15. The van der Waals surface area contributed by atoms with Gasteiger partial charge in [0.2, 0.25) is 10.0 Å². The molecular formula is C10H15ClN2O4S. The molecule has 1 unspecified atom stereocenters. The largest absolute Gasteiger partial charge is 0.396 e. The van der Waals surface area contributed by atoms with Gasteiger partial charge in [-0.15, -0.1) is 0 Å². The number of nitrogens with zero attached hydrogens (tertiary/aromatic N) is 1. The van der Waals surface area contributed by atoms with Gasteiger partial charge in [0, 0.05) is 26.0 Å². The fraction of sp³-hybridized carbons (Fsp3) is 0.500. The molecule has 1 rings (SSSR count). The summed E-state index contributed by atoms with van der Waals surface area (Å²) < 4.78 is 31.4. The van der Waals surface area contributed by atoms with Gasteiger partial charge in [-0.2, -0.15) is 0 Å². The lowest BCUT2D eigenvalue weighted by Gasteiger charge is -2.17. The van der Waals surface area contributed by atoms with Gasteiger partial charge in [-0.1, -0.05) is 11.6 Å². The number of aliphatic hydroxyl groups excluding tert-OH is 1. The first-order chi connectivity index (χ1) is 8.51. The average Bonchev–Trinajstić information content (AvgIpc) is 2.29. The average molecular weight is 295 g/mol. The van der Waals surface area contributed by atoms with Crippen LogP contribution in [0.1, 0.15) is 6.42 Å². The van der Waals surface area contributed by atoms with Gasteiger partial charge >= 0.3 is 0 Å². The van der Waals surface area contributed by atoms with Crippen LogP contribution in [0, 0.1) is 0 Å². The molecule has 1 heterocycles. The van der Waals surface area contributed by atoms with E-state index in [1.807, 2.05) is 0 Å². The van der Waals surface area contributed by atoms with Crippen LogP contribution in [0.3, 0.4) is 0 Å². The number of nitrogens with one attached hydrogen (secondary N) is 1. The number of rotatable bonds is 7. The monoisotopic (exact) mass is 294 g/mol. The molecule has 6 nitrogen and oxygen atoms in total. The van der Waals surface area contributed by atoms with E-state index in [0.29, 0.717) is 0 Å². The zero-order valence-corrected chi connectivity index (χ0v) is 11.4. The summed E-state index contributed by atoms with van der Waals surface area (Å²) in [6.45, 7) is 0.0228. The van der Waals surface area contributed by atoms with Gasteiger partial charge in [-0.05, 0) is 18.6 Å². The molecule has 0 aliphatic heterocycles. The van der Waals surface area contributed by atoms with Crippen molar-refractivity contribution in [2.24, 2.45) is 0 Å². The van der Waals surface area contributed by atoms with Crippen molar-refractivity contribution in [2.45, 2.75) is 17.4 Å². The Bertz CT molecular complexity index is 475. The lowest BCUT2D eigenvalue weighted by atomic mass is 10.2. The molecule has 0 aliphatic carbocycles. The molecule has 0 amide bonds. The topological polar surface area (TPSA) is 88.5 Å². The molecule has 0 spiro atoms. The molecule has 8 heteroatoms. The number of hydrogen-bond donors (Lipinski definition) is 2. The fourth-order valence-corrected chi connectivity index (χ4v) is 3.10. The maximum atomic E-state index is 12.0. The van der Waals surface area contributed by atoms with E-state index < -0.39 is 16.1 Å². The second-order valence-corrected chi connectivity index (χ2v) is 5.62. The first-order valence-electron chi connectivity index (χ1n) is 5.24. The lowest BCUT2D eigenvalue weighted by molar-refractivity contribution is 0.158. The van der Waals surface area contributed by atoms with E-state index in [1.165, 1.54) is 25.4 Å². The van der Waals surface area contributed by atoms with Crippen LogP contribution in [0.2, 0.25) is 5.15 Å². The normalized spacial score (nSPS) is 13.5. The van der Waals surface area contributed by atoms with Gasteiger partial charge in [0.1, 0.15) is 10.0 Å². The van der Waals surface area contributed by atoms with Gasteiger partial charge in [0.05, 0.1) is 6.61 Å². The molecule has 0 aliphatic rings. The summed E-state index contributed by atoms with van der Waals surface area (Å²) in [5.74, 6) is 0. The van der Waals surface area contributed by atoms with Gasteiger partial charge in [0.25, 0.3) is 0 Å². The van der Waals surface area contributed by atoms with E-state index in [1.54, 1.807) is 0 Å². The summed E-state index contributed by atoms with van der Waals surface area (Å²) in [5.41, 5.74) is 0. The van der Waals surface area contributed by atoms with Crippen LogP contribution in [-0.4, -0.2) is 44.9 Å². The van der Waals surface area contributed by atoms with Gasteiger partial charge in [-0.25, -0.2) is 18.1 Å². The van der Waals surface area contributed by atoms with Crippen molar-refractivity contribution in [3.05, 3.63) is 23.5 Å². The van der Waals surface area contributed by atoms with Crippen LogP contribution in [0.4, 0.5) is 0 Å².